The maximum absolute atomic E-state index is 6.27. The van der Waals surface area contributed by atoms with Gasteiger partial charge in [0.05, 0.1) is 8.07 Å². The van der Waals surface area contributed by atoms with Gasteiger partial charge in [-0.3, -0.25) is 0 Å². The summed E-state index contributed by atoms with van der Waals surface area (Å²) in [5, 5.41) is 6.37. The summed E-state index contributed by atoms with van der Waals surface area (Å²) in [6.07, 6.45) is 0. The number of methoxy groups -OCH3 is 1. The molecule has 0 bridgehead atoms. The molecule has 0 unspecified atom stereocenters. The van der Waals surface area contributed by atoms with Crippen LogP contribution in [-0.4, -0.2) is 22.0 Å². The molecular formula is C25H26O2Si. The molecule has 0 saturated carbocycles. The van der Waals surface area contributed by atoms with Crippen LogP contribution in [0.1, 0.15) is 0 Å². The Kier molecular flexibility index (Phi) is 4.96. The highest BCUT2D eigenvalue weighted by Crippen LogP contribution is 2.38. The zero-order valence-electron chi connectivity index (χ0n) is 17.0. The Labute approximate surface area is 167 Å². The number of benzene rings is 4. The second-order valence-electron chi connectivity index (χ2n) is 8.18. The lowest BCUT2D eigenvalue weighted by Gasteiger charge is -2.26. The second-order valence-corrected chi connectivity index (χ2v) is 13.2. The highest BCUT2D eigenvalue weighted by atomic mass is 28.3. The molecule has 0 aliphatic rings. The van der Waals surface area contributed by atoms with Crippen molar-refractivity contribution in [2.24, 2.45) is 0 Å². The van der Waals surface area contributed by atoms with E-state index >= 15 is 0 Å². The summed E-state index contributed by atoms with van der Waals surface area (Å²) in [5.74, 6) is 0.969. The fraction of sp³-hybridized carbons (Fsp3) is 0.200. The van der Waals surface area contributed by atoms with E-state index in [1.54, 1.807) is 7.11 Å². The summed E-state index contributed by atoms with van der Waals surface area (Å²) >= 11 is 0. The molecule has 0 radical (unpaired) electrons. The van der Waals surface area contributed by atoms with Gasteiger partial charge in [0.15, 0.2) is 6.79 Å². The topological polar surface area (TPSA) is 18.5 Å². The van der Waals surface area contributed by atoms with E-state index in [0.717, 1.165) is 11.3 Å². The molecule has 0 saturated heterocycles. The van der Waals surface area contributed by atoms with Crippen LogP contribution in [-0.2, 0) is 4.74 Å². The normalized spacial score (nSPS) is 11.9. The van der Waals surface area contributed by atoms with Crippen LogP contribution < -0.4 is 9.92 Å². The lowest BCUT2D eigenvalue weighted by molar-refractivity contribution is 0.0523. The molecule has 0 amide bonds. The summed E-state index contributed by atoms with van der Waals surface area (Å²) in [6.45, 7) is 7.37. The van der Waals surface area contributed by atoms with Gasteiger partial charge in [0, 0.05) is 12.7 Å². The van der Waals surface area contributed by atoms with Crippen molar-refractivity contribution in [3.63, 3.8) is 0 Å². The number of fused-ring (bicyclic) bond motifs is 2. The Morgan fingerprint density at radius 2 is 1.36 bits per heavy atom. The minimum Gasteiger partial charge on any atom is -0.467 e. The average Bonchev–Trinajstić information content (AvgIpc) is 2.70. The lowest BCUT2D eigenvalue weighted by atomic mass is 9.95. The van der Waals surface area contributed by atoms with E-state index in [9.17, 15) is 0 Å². The Balaban J connectivity index is 2.13. The van der Waals surface area contributed by atoms with Gasteiger partial charge in [-0.2, -0.15) is 0 Å². The van der Waals surface area contributed by atoms with Crippen LogP contribution in [0.3, 0.4) is 0 Å². The number of hydrogen-bond acceptors (Lipinski definition) is 2. The lowest BCUT2D eigenvalue weighted by Crippen LogP contribution is -2.39. The van der Waals surface area contributed by atoms with Gasteiger partial charge in [-0.25, -0.2) is 0 Å². The summed E-state index contributed by atoms with van der Waals surface area (Å²) in [5.41, 5.74) is 2.35. The Morgan fingerprint density at radius 1 is 0.714 bits per heavy atom. The molecule has 0 N–H and O–H groups in total. The molecule has 4 aromatic carbocycles. The number of hydrogen-bond donors (Lipinski definition) is 0. The SMILES string of the molecule is COCOc1c(-c2cccc3ccccc23)cc2ccccc2c1[Si](C)(C)C. The zero-order chi connectivity index (χ0) is 19.7. The third-order valence-corrected chi connectivity index (χ3v) is 7.15. The zero-order valence-corrected chi connectivity index (χ0v) is 18.0. The molecule has 0 aromatic heterocycles. The highest BCUT2D eigenvalue weighted by Gasteiger charge is 2.27. The van der Waals surface area contributed by atoms with Gasteiger partial charge in [-0.1, -0.05) is 86.4 Å². The van der Waals surface area contributed by atoms with Gasteiger partial charge in [0.1, 0.15) is 5.75 Å². The quantitative estimate of drug-likeness (QED) is 0.301. The van der Waals surface area contributed by atoms with Gasteiger partial charge in [-0.15, -0.1) is 0 Å². The summed E-state index contributed by atoms with van der Waals surface area (Å²) in [6, 6.07) is 25.9. The first-order chi connectivity index (χ1) is 13.5. The van der Waals surface area contributed by atoms with E-state index in [0.29, 0.717) is 0 Å². The molecule has 28 heavy (non-hydrogen) atoms. The van der Waals surface area contributed by atoms with Crippen molar-refractivity contribution in [2.75, 3.05) is 13.9 Å². The van der Waals surface area contributed by atoms with Crippen LogP contribution in [0.4, 0.5) is 0 Å². The maximum atomic E-state index is 6.27. The van der Waals surface area contributed by atoms with Gasteiger partial charge >= 0.3 is 0 Å². The molecule has 3 heteroatoms. The van der Waals surface area contributed by atoms with Crippen molar-refractivity contribution in [1.82, 2.24) is 0 Å². The second kappa shape index (κ2) is 7.42. The Morgan fingerprint density at radius 3 is 2.07 bits per heavy atom. The molecule has 0 fully saturated rings. The summed E-state index contributed by atoms with van der Waals surface area (Å²) in [7, 11) is -0.0312. The first-order valence-corrected chi connectivity index (χ1v) is 13.2. The Hall–Kier alpha value is -2.62. The van der Waals surface area contributed by atoms with Gasteiger partial charge in [0.2, 0.25) is 0 Å². The van der Waals surface area contributed by atoms with Crippen LogP contribution in [0.25, 0.3) is 32.7 Å². The minimum absolute atomic E-state index is 0.244. The standard InChI is InChI=1S/C25H26O2Si/c1-26-17-27-24-23(22-15-9-12-18-10-5-7-13-20(18)22)16-19-11-6-8-14-21(19)25(24)28(2,3)4/h5-16H,17H2,1-4H3. The maximum Gasteiger partial charge on any atom is 0.188 e. The van der Waals surface area contributed by atoms with Crippen molar-refractivity contribution in [2.45, 2.75) is 19.6 Å². The molecule has 0 atom stereocenters. The van der Waals surface area contributed by atoms with Gasteiger partial charge in [0.25, 0.3) is 0 Å². The predicted octanol–water partition coefficient (Wildman–Crippen LogP) is 6.19. The van der Waals surface area contributed by atoms with Crippen LogP contribution in [0.5, 0.6) is 5.75 Å². The van der Waals surface area contributed by atoms with E-state index in [1.165, 1.54) is 32.3 Å². The van der Waals surface area contributed by atoms with Crippen LogP contribution in [0, 0.1) is 0 Å². The predicted molar refractivity (Wildman–Crippen MR) is 122 cm³/mol. The molecule has 0 aliphatic carbocycles. The van der Waals surface area contributed by atoms with Crippen LogP contribution in [0.2, 0.25) is 19.6 Å². The minimum atomic E-state index is -1.70. The Bertz CT molecular complexity index is 1140. The first-order valence-electron chi connectivity index (χ1n) is 9.67. The van der Waals surface area contributed by atoms with Crippen molar-refractivity contribution >= 4 is 34.8 Å². The van der Waals surface area contributed by atoms with E-state index < -0.39 is 8.07 Å². The summed E-state index contributed by atoms with van der Waals surface area (Å²) < 4.78 is 11.6. The molecule has 4 aromatic rings. The van der Waals surface area contributed by atoms with Gasteiger partial charge in [-0.05, 0) is 38.4 Å². The fourth-order valence-corrected chi connectivity index (χ4v) is 5.92. The van der Waals surface area contributed by atoms with E-state index in [2.05, 4.69) is 92.4 Å². The van der Waals surface area contributed by atoms with E-state index in [4.69, 9.17) is 9.47 Å². The number of ether oxygens (including phenoxy) is 2. The number of rotatable bonds is 5. The van der Waals surface area contributed by atoms with Crippen molar-refractivity contribution < 1.29 is 9.47 Å². The van der Waals surface area contributed by atoms with Crippen molar-refractivity contribution in [3.8, 4) is 16.9 Å². The average molecular weight is 387 g/mol. The molecule has 4 rings (SSSR count). The van der Waals surface area contributed by atoms with E-state index in [-0.39, 0.29) is 6.79 Å². The van der Waals surface area contributed by atoms with E-state index in [1.807, 2.05) is 0 Å². The molecule has 0 aliphatic heterocycles. The first kappa shape index (κ1) is 18.7. The third-order valence-electron chi connectivity index (χ3n) is 5.15. The monoisotopic (exact) mass is 386 g/mol. The van der Waals surface area contributed by atoms with Crippen LogP contribution in [0.15, 0.2) is 72.8 Å². The van der Waals surface area contributed by atoms with Crippen LogP contribution >= 0.6 is 0 Å². The van der Waals surface area contributed by atoms with Gasteiger partial charge < -0.3 is 9.47 Å². The molecular weight excluding hydrogens is 360 g/mol. The fourth-order valence-electron chi connectivity index (χ4n) is 4.00. The molecule has 0 heterocycles. The third kappa shape index (κ3) is 3.32. The molecule has 142 valence electrons. The molecule has 0 spiro atoms. The smallest absolute Gasteiger partial charge is 0.188 e. The summed E-state index contributed by atoms with van der Waals surface area (Å²) in [4.78, 5) is 0. The largest absolute Gasteiger partial charge is 0.467 e. The van der Waals surface area contributed by atoms with Crippen molar-refractivity contribution in [1.29, 1.82) is 0 Å². The van der Waals surface area contributed by atoms with Crippen molar-refractivity contribution in [3.05, 3.63) is 72.8 Å². The highest BCUT2D eigenvalue weighted by molar-refractivity contribution is 6.91. The molecule has 2 nitrogen and oxygen atoms in total.